The minimum absolute atomic E-state index is 0.297. The summed E-state index contributed by atoms with van der Waals surface area (Å²) >= 11 is 6.02. The monoisotopic (exact) mass is 533 g/mol. The number of nitrogens with zero attached hydrogens (tertiary/aromatic N) is 2. The van der Waals surface area contributed by atoms with Crippen molar-refractivity contribution in [1.29, 1.82) is 0 Å². The first-order valence-corrected chi connectivity index (χ1v) is 13.4. The topological polar surface area (TPSA) is 83.9 Å². The maximum Gasteiger partial charge on any atom is 0.411 e. The Morgan fingerprint density at radius 1 is 1.18 bits per heavy atom. The predicted molar refractivity (Wildman–Crippen MR) is 149 cm³/mol. The molecule has 3 aromatic rings. The average molecular weight is 534 g/mol. The van der Waals surface area contributed by atoms with E-state index in [1.54, 1.807) is 13.1 Å². The van der Waals surface area contributed by atoms with Gasteiger partial charge in [0.05, 0.1) is 17.9 Å². The molecular weight excluding hydrogens is 502 g/mol. The molecule has 0 aliphatic carbocycles. The summed E-state index contributed by atoms with van der Waals surface area (Å²) in [6.45, 7) is 4.59. The van der Waals surface area contributed by atoms with Gasteiger partial charge in [0, 0.05) is 48.4 Å². The second-order valence-electron chi connectivity index (χ2n) is 9.66. The van der Waals surface area contributed by atoms with Crippen molar-refractivity contribution in [2.75, 3.05) is 31.6 Å². The maximum absolute atomic E-state index is 12.2. The van der Waals surface area contributed by atoms with Gasteiger partial charge in [-0.2, -0.15) is 0 Å². The zero-order valence-electron chi connectivity index (χ0n) is 21.5. The molecule has 2 aromatic carbocycles. The number of nitrogens with one attached hydrogen (secondary N) is 1. The lowest BCUT2D eigenvalue weighted by Crippen LogP contribution is -2.42. The van der Waals surface area contributed by atoms with Gasteiger partial charge in [-0.05, 0) is 73.7 Å². The van der Waals surface area contributed by atoms with E-state index in [0.29, 0.717) is 48.2 Å². The molecule has 0 radical (unpaired) electrons. The lowest BCUT2D eigenvalue weighted by molar-refractivity contribution is -0.0254. The van der Waals surface area contributed by atoms with Gasteiger partial charge in [0.25, 0.3) is 0 Å². The molecule has 2 aliphatic heterocycles. The van der Waals surface area contributed by atoms with Crippen molar-refractivity contribution < 1.29 is 19.4 Å². The minimum atomic E-state index is -0.811. The van der Waals surface area contributed by atoms with Crippen LogP contribution in [0.5, 0.6) is 11.6 Å². The van der Waals surface area contributed by atoms with Crippen LogP contribution >= 0.6 is 11.6 Å². The number of fused-ring (bicyclic) bond motifs is 2. The number of allylic oxidation sites excluding steroid dienone is 1. The van der Waals surface area contributed by atoms with Crippen molar-refractivity contribution in [3.05, 3.63) is 88.6 Å². The summed E-state index contributed by atoms with van der Waals surface area (Å²) in [7, 11) is 0. The molecule has 1 fully saturated rings. The van der Waals surface area contributed by atoms with Gasteiger partial charge >= 0.3 is 6.09 Å². The van der Waals surface area contributed by atoms with Gasteiger partial charge in [0.2, 0.25) is 5.88 Å². The number of pyridine rings is 1. The van der Waals surface area contributed by atoms with Crippen LogP contribution in [0.25, 0.3) is 5.57 Å². The van der Waals surface area contributed by atoms with E-state index in [0.717, 1.165) is 48.3 Å². The fourth-order valence-corrected chi connectivity index (χ4v) is 5.27. The van der Waals surface area contributed by atoms with Crippen LogP contribution in [0.1, 0.15) is 42.9 Å². The lowest BCUT2D eigenvalue weighted by atomic mass is 9.84. The Hall–Kier alpha value is -3.39. The maximum atomic E-state index is 12.2. The number of piperidine rings is 1. The summed E-state index contributed by atoms with van der Waals surface area (Å²) in [5.41, 5.74) is 3.71. The molecule has 0 spiro atoms. The molecule has 38 heavy (non-hydrogen) atoms. The van der Waals surface area contributed by atoms with E-state index in [1.807, 2.05) is 54.6 Å². The largest absolute Gasteiger partial charge is 0.450 e. The zero-order chi connectivity index (χ0) is 26.5. The number of amides is 1. The molecule has 8 heteroatoms. The van der Waals surface area contributed by atoms with Crippen LogP contribution in [0.4, 0.5) is 10.5 Å². The Morgan fingerprint density at radius 3 is 2.74 bits per heavy atom. The standard InChI is InChI=1S/C30H32ClN3O4/c1-2-37-29(35)33-26-8-3-9-27-25(26)20-21(24-7-4-16-32-28(24)38-27)6-5-17-34-18-14-30(36,15-19-34)22-10-12-23(31)13-11-22/h3-4,6-13,16,36H,2,5,14-15,17-20H2,1H3,(H,33,35). The number of hydrogen-bond donors (Lipinski definition) is 2. The number of anilines is 1. The molecule has 1 amide bonds. The van der Waals surface area contributed by atoms with E-state index >= 15 is 0 Å². The highest BCUT2D eigenvalue weighted by Gasteiger charge is 2.33. The highest BCUT2D eigenvalue weighted by molar-refractivity contribution is 6.30. The number of carbonyl (C=O) groups is 1. The third-order valence-corrected chi connectivity index (χ3v) is 7.49. The Labute approximate surface area is 228 Å². The molecular formula is C30H32ClN3O4. The summed E-state index contributed by atoms with van der Waals surface area (Å²) in [4.78, 5) is 19.0. The first kappa shape index (κ1) is 26.2. The number of halogens is 1. The Balaban J connectivity index is 1.29. The zero-order valence-corrected chi connectivity index (χ0v) is 22.2. The smallest absolute Gasteiger partial charge is 0.411 e. The van der Waals surface area contributed by atoms with E-state index in [-0.39, 0.29) is 0 Å². The third kappa shape index (κ3) is 5.85. The fourth-order valence-electron chi connectivity index (χ4n) is 5.14. The first-order valence-electron chi connectivity index (χ1n) is 13.0. The van der Waals surface area contributed by atoms with E-state index in [4.69, 9.17) is 21.1 Å². The molecule has 0 saturated carbocycles. The molecule has 2 N–H and O–H groups in total. The van der Waals surface area contributed by atoms with Gasteiger partial charge in [-0.3, -0.25) is 5.32 Å². The normalized spacial score (nSPS) is 17.6. The van der Waals surface area contributed by atoms with Crippen molar-refractivity contribution in [3.8, 4) is 11.6 Å². The molecule has 1 aromatic heterocycles. The third-order valence-electron chi connectivity index (χ3n) is 7.24. The van der Waals surface area contributed by atoms with Crippen LogP contribution in [-0.4, -0.2) is 47.3 Å². The number of likely N-dealkylation sites (tertiary alicyclic amines) is 1. The SMILES string of the molecule is CCOC(=O)Nc1cccc2c1CC(=CCCN1CCC(O)(c3ccc(Cl)cc3)CC1)c1cccnc1O2. The Kier molecular flexibility index (Phi) is 7.98. The van der Waals surface area contributed by atoms with Gasteiger partial charge in [0.15, 0.2) is 0 Å². The van der Waals surface area contributed by atoms with Crippen LogP contribution in [0.3, 0.4) is 0 Å². The number of ether oxygens (including phenoxy) is 2. The highest BCUT2D eigenvalue weighted by Crippen LogP contribution is 2.41. The van der Waals surface area contributed by atoms with Crippen LogP contribution in [0, 0.1) is 0 Å². The van der Waals surface area contributed by atoms with E-state index in [2.05, 4.69) is 21.3 Å². The van der Waals surface area contributed by atoms with Crippen LogP contribution in [0.15, 0.2) is 66.9 Å². The highest BCUT2D eigenvalue weighted by atomic mass is 35.5. The van der Waals surface area contributed by atoms with Crippen LogP contribution in [0.2, 0.25) is 5.02 Å². The molecule has 2 aliphatic rings. The molecule has 1 saturated heterocycles. The number of aliphatic hydroxyl groups is 1. The van der Waals surface area contributed by atoms with Crippen molar-refractivity contribution >= 4 is 29.0 Å². The number of rotatable bonds is 6. The van der Waals surface area contributed by atoms with Gasteiger partial charge in [-0.1, -0.05) is 35.9 Å². The number of aromatic nitrogens is 1. The van der Waals surface area contributed by atoms with Crippen LogP contribution in [-0.2, 0) is 16.8 Å². The van der Waals surface area contributed by atoms with Crippen molar-refractivity contribution in [2.24, 2.45) is 0 Å². The summed E-state index contributed by atoms with van der Waals surface area (Å²) in [6, 6.07) is 17.0. The van der Waals surface area contributed by atoms with Crippen molar-refractivity contribution in [2.45, 2.75) is 38.2 Å². The van der Waals surface area contributed by atoms with Crippen molar-refractivity contribution in [3.63, 3.8) is 0 Å². The first-order chi connectivity index (χ1) is 18.4. The number of benzene rings is 2. The summed E-state index contributed by atoms with van der Waals surface area (Å²) in [5, 5.41) is 14.7. The van der Waals surface area contributed by atoms with Gasteiger partial charge in [-0.15, -0.1) is 0 Å². The van der Waals surface area contributed by atoms with E-state index < -0.39 is 11.7 Å². The average Bonchev–Trinajstić information content (AvgIpc) is 3.08. The summed E-state index contributed by atoms with van der Waals surface area (Å²) in [6.07, 6.45) is 6.26. The molecule has 198 valence electrons. The molecule has 0 atom stereocenters. The summed E-state index contributed by atoms with van der Waals surface area (Å²) in [5.74, 6) is 1.22. The summed E-state index contributed by atoms with van der Waals surface area (Å²) < 4.78 is 11.3. The van der Waals surface area contributed by atoms with Gasteiger partial charge < -0.3 is 19.5 Å². The predicted octanol–water partition coefficient (Wildman–Crippen LogP) is 6.41. The fraction of sp³-hybridized carbons (Fsp3) is 0.333. The molecule has 5 rings (SSSR count). The number of hydrogen-bond acceptors (Lipinski definition) is 6. The van der Waals surface area contributed by atoms with Gasteiger partial charge in [-0.25, -0.2) is 9.78 Å². The van der Waals surface area contributed by atoms with Gasteiger partial charge in [0.1, 0.15) is 5.75 Å². The molecule has 3 heterocycles. The molecule has 7 nitrogen and oxygen atoms in total. The van der Waals surface area contributed by atoms with Crippen molar-refractivity contribution in [1.82, 2.24) is 9.88 Å². The minimum Gasteiger partial charge on any atom is -0.450 e. The number of carbonyl (C=O) groups excluding carboxylic acids is 1. The Bertz CT molecular complexity index is 1320. The quantitative estimate of drug-likeness (QED) is 0.381. The molecule has 0 bridgehead atoms. The van der Waals surface area contributed by atoms with E-state index in [9.17, 15) is 9.90 Å². The molecule has 0 unspecified atom stereocenters. The van der Waals surface area contributed by atoms with Crippen LogP contribution < -0.4 is 10.1 Å². The van der Waals surface area contributed by atoms with E-state index in [1.165, 1.54) is 0 Å². The lowest BCUT2D eigenvalue weighted by Gasteiger charge is -2.38. The Morgan fingerprint density at radius 2 is 1.97 bits per heavy atom. The second-order valence-corrected chi connectivity index (χ2v) is 10.1. The second kappa shape index (κ2) is 11.6.